The highest BCUT2D eigenvalue weighted by Crippen LogP contribution is 2.17. The van der Waals surface area contributed by atoms with E-state index in [1.54, 1.807) is 14.2 Å². The molecule has 6 heteroatoms. The van der Waals surface area contributed by atoms with Crippen LogP contribution in [0.25, 0.3) is 0 Å². The summed E-state index contributed by atoms with van der Waals surface area (Å²) in [6.07, 6.45) is 0. The van der Waals surface area contributed by atoms with Crippen molar-refractivity contribution in [2.45, 2.75) is 13.0 Å². The van der Waals surface area contributed by atoms with Gasteiger partial charge in [0, 0.05) is 5.69 Å². The number of anilines is 1. The van der Waals surface area contributed by atoms with Crippen molar-refractivity contribution in [1.82, 2.24) is 5.32 Å². The first kappa shape index (κ1) is 17.9. The zero-order chi connectivity index (χ0) is 17.4. The molecular formula is C18H22N2O3S. The van der Waals surface area contributed by atoms with E-state index in [0.717, 1.165) is 22.9 Å². The van der Waals surface area contributed by atoms with Crippen LogP contribution < -0.4 is 24.8 Å². The predicted molar refractivity (Wildman–Crippen MR) is 100 cm³/mol. The van der Waals surface area contributed by atoms with Crippen molar-refractivity contribution in [2.75, 3.05) is 26.1 Å². The molecule has 2 rings (SSSR count). The molecule has 0 fully saturated rings. The zero-order valence-corrected chi connectivity index (χ0v) is 14.9. The van der Waals surface area contributed by atoms with Crippen molar-refractivity contribution < 1.29 is 14.2 Å². The third-order valence-corrected chi connectivity index (χ3v) is 3.50. The Morgan fingerprint density at radius 2 is 1.42 bits per heavy atom. The van der Waals surface area contributed by atoms with Gasteiger partial charge in [-0.15, -0.1) is 0 Å². The maximum Gasteiger partial charge on any atom is 0.171 e. The van der Waals surface area contributed by atoms with Gasteiger partial charge in [0.25, 0.3) is 0 Å². The Morgan fingerprint density at radius 1 is 0.917 bits per heavy atom. The summed E-state index contributed by atoms with van der Waals surface area (Å²) >= 11 is 5.31. The van der Waals surface area contributed by atoms with Crippen molar-refractivity contribution >= 4 is 23.0 Å². The molecule has 0 amide bonds. The summed E-state index contributed by atoms with van der Waals surface area (Å²) in [7, 11) is 3.28. The zero-order valence-electron chi connectivity index (χ0n) is 14.0. The first-order valence-electron chi connectivity index (χ1n) is 7.59. The topological polar surface area (TPSA) is 51.8 Å². The van der Waals surface area contributed by atoms with Crippen LogP contribution in [0.3, 0.4) is 0 Å². The average molecular weight is 346 g/mol. The van der Waals surface area contributed by atoms with Gasteiger partial charge >= 0.3 is 0 Å². The highest BCUT2D eigenvalue weighted by atomic mass is 32.1. The van der Waals surface area contributed by atoms with Crippen molar-refractivity contribution in [2.24, 2.45) is 0 Å². The summed E-state index contributed by atoms with van der Waals surface area (Å²) in [5.41, 5.74) is 0.900. The molecule has 0 saturated heterocycles. The molecular weight excluding hydrogens is 324 g/mol. The molecule has 0 aliphatic heterocycles. The number of rotatable bonds is 7. The number of benzene rings is 2. The molecule has 0 unspecified atom stereocenters. The van der Waals surface area contributed by atoms with Crippen LogP contribution in [-0.4, -0.2) is 32.0 Å². The predicted octanol–water partition coefficient (Wildman–Crippen LogP) is 3.46. The maximum atomic E-state index is 5.73. The first-order chi connectivity index (χ1) is 11.6. The second kappa shape index (κ2) is 8.98. The van der Waals surface area contributed by atoms with Gasteiger partial charge < -0.3 is 24.8 Å². The highest BCUT2D eigenvalue weighted by Gasteiger charge is 2.06. The molecule has 2 aromatic rings. The lowest BCUT2D eigenvalue weighted by molar-refractivity contribution is 0.286. The lowest BCUT2D eigenvalue weighted by Crippen LogP contribution is -2.39. The van der Waals surface area contributed by atoms with Crippen LogP contribution in [0.5, 0.6) is 17.2 Å². The Hall–Kier alpha value is -2.47. The molecule has 24 heavy (non-hydrogen) atoms. The van der Waals surface area contributed by atoms with Gasteiger partial charge in [0.2, 0.25) is 0 Å². The van der Waals surface area contributed by atoms with Gasteiger partial charge in [0.15, 0.2) is 5.11 Å². The van der Waals surface area contributed by atoms with E-state index in [2.05, 4.69) is 10.6 Å². The van der Waals surface area contributed by atoms with E-state index >= 15 is 0 Å². The summed E-state index contributed by atoms with van der Waals surface area (Å²) < 4.78 is 16.0. The van der Waals surface area contributed by atoms with Gasteiger partial charge in [-0.2, -0.15) is 0 Å². The molecule has 128 valence electrons. The molecule has 0 heterocycles. The van der Waals surface area contributed by atoms with Crippen LogP contribution in [-0.2, 0) is 0 Å². The Bertz CT molecular complexity index is 644. The van der Waals surface area contributed by atoms with Gasteiger partial charge in [-0.05, 0) is 67.7 Å². The number of thiocarbonyl (C=S) groups is 1. The second-order valence-electron chi connectivity index (χ2n) is 5.21. The van der Waals surface area contributed by atoms with Crippen LogP contribution in [0.15, 0.2) is 48.5 Å². The summed E-state index contributed by atoms with van der Waals surface area (Å²) in [5.74, 6) is 2.40. The van der Waals surface area contributed by atoms with E-state index in [4.69, 9.17) is 26.4 Å². The van der Waals surface area contributed by atoms with Crippen LogP contribution in [0.1, 0.15) is 6.92 Å². The number of nitrogens with one attached hydrogen (secondary N) is 2. The van der Waals surface area contributed by atoms with E-state index in [-0.39, 0.29) is 6.04 Å². The average Bonchev–Trinajstić information content (AvgIpc) is 2.61. The summed E-state index contributed by atoms with van der Waals surface area (Å²) in [4.78, 5) is 0. The monoisotopic (exact) mass is 346 g/mol. The normalized spacial score (nSPS) is 11.3. The minimum Gasteiger partial charge on any atom is -0.497 e. The van der Waals surface area contributed by atoms with Gasteiger partial charge in [-0.3, -0.25) is 0 Å². The number of hydrogen-bond donors (Lipinski definition) is 2. The number of methoxy groups -OCH3 is 2. The van der Waals surface area contributed by atoms with Crippen LogP contribution >= 0.6 is 12.2 Å². The van der Waals surface area contributed by atoms with Crippen LogP contribution in [0, 0.1) is 0 Å². The Balaban J connectivity index is 1.75. The molecule has 0 spiro atoms. The van der Waals surface area contributed by atoms with Gasteiger partial charge in [0.05, 0.1) is 20.3 Å². The molecule has 0 aliphatic rings. The first-order valence-corrected chi connectivity index (χ1v) is 8.00. The fraction of sp³-hybridized carbons (Fsp3) is 0.278. The molecule has 0 saturated carbocycles. The van der Waals surface area contributed by atoms with Crippen molar-refractivity contribution in [3.63, 3.8) is 0 Å². The second-order valence-corrected chi connectivity index (χ2v) is 5.62. The highest BCUT2D eigenvalue weighted by molar-refractivity contribution is 7.80. The smallest absolute Gasteiger partial charge is 0.171 e. The SMILES string of the molecule is COc1ccc(NC(=S)N[C@H](C)COc2ccc(OC)cc2)cc1. The third-order valence-electron chi connectivity index (χ3n) is 3.28. The van der Waals surface area contributed by atoms with Crippen LogP contribution in [0.2, 0.25) is 0 Å². The molecule has 0 aliphatic carbocycles. The minimum absolute atomic E-state index is 0.0605. The molecule has 0 radical (unpaired) electrons. The quantitative estimate of drug-likeness (QED) is 0.749. The molecule has 5 nitrogen and oxygen atoms in total. The van der Waals surface area contributed by atoms with E-state index < -0.39 is 0 Å². The molecule has 1 atom stereocenters. The summed E-state index contributed by atoms with van der Waals surface area (Å²) in [6.45, 7) is 2.50. The van der Waals surface area contributed by atoms with Crippen molar-refractivity contribution in [3.8, 4) is 17.2 Å². The lowest BCUT2D eigenvalue weighted by atomic mass is 10.3. The maximum absolute atomic E-state index is 5.73. The van der Waals surface area contributed by atoms with E-state index in [1.165, 1.54) is 0 Å². The minimum atomic E-state index is 0.0605. The largest absolute Gasteiger partial charge is 0.497 e. The third kappa shape index (κ3) is 5.62. The molecule has 2 aromatic carbocycles. The fourth-order valence-corrected chi connectivity index (χ4v) is 2.32. The number of hydrogen-bond acceptors (Lipinski definition) is 4. The van der Waals surface area contributed by atoms with Gasteiger partial charge in [-0.1, -0.05) is 0 Å². The molecule has 0 bridgehead atoms. The Labute approximate surface area is 147 Å². The lowest BCUT2D eigenvalue weighted by Gasteiger charge is -2.18. The van der Waals surface area contributed by atoms with Crippen LogP contribution in [0.4, 0.5) is 5.69 Å². The van der Waals surface area contributed by atoms with E-state index in [9.17, 15) is 0 Å². The summed E-state index contributed by atoms with van der Waals surface area (Å²) in [6, 6.07) is 15.1. The molecule has 2 N–H and O–H groups in total. The standard InChI is InChI=1S/C18H22N2O3S/c1-13(12-23-17-10-8-16(22-3)9-11-17)19-18(24)20-14-4-6-15(21-2)7-5-14/h4-11,13H,12H2,1-3H3,(H2,19,20,24)/t13-/m1/s1. The van der Waals surface area contributed by atoms with Gasteiger partial charge in [-0.25, -0.2) is 0 Å². The Kier molecular flexibility index (Phi) is 6.69. The molecule has 0 aromatic heterocycles. The van der Waals surface area contributed by atoms with Gasteiger partial charge in [0.1, 0.15) is 23.9 Å². The fourth-order valence-electron chi connectivity index (χ4n) is 2.00. The van der Waals surface area contributed by atoms with E-state index in [1.807, 2.05) is 55.5 Å². The van der Waals surface area contributed by atoms with Crippen molar-refractivity contribution in [3.05, 3.63) is 48.5 Å². The van der Waals surface area contributed by atoms with Crippen molar-refractivity contribution in [1.29, 1.82) is 0 Å². The Morgan fingerprint density at radius 3 is 1.96 bits per heavy atom. The number of ether oxygens (including phenoxy) is 3. The summed E-state index contributed by atoms with van der Waals surface area (Å²) in [5, 5.41) is 6.87. The van der Waals surface area contributed by atoms with E-state index in [0.29, 0.717) is 11.7 Å².